The molecule has 0 saturated carbocycles. The molecule has 0 aromatic heterocycles. The maximum Gasteiger partial charge on any atom is 0.201 e. The van der Waals surface area contributed by atoms with Crippen LogP contribution < -0.4 is 26.5 Å². The highest BCUT2D eigenvalue weighted by Gasteiger charge is 2.49. The predicted molar refractivity (Wildman–Crippen MR) is 224 cm³/mol. The molecule has 0 bridgehead atoms. The number of fused-ring (bicyclic) bond motifs is 8. The third-order valence-electron chi connectivity index (χ3n) is 13.2. The van der Waals surface area contributed by atoms with Crippen molar-refractivity contribution in [3.8, 4) is 0 Å². The van der Waals surface area contributed by atoms with E-state index in [2.05, 4.69) is 131 Å². The summed E-state index contributed by atoms with van der Waals surface area (Å²) in [6, 6.07) is 37.7. The fraction of sp³-hybridized carbons (Fsp3) is 0.120. The zero-order chi connectivity index (χ0) is 36.9. The van der Waals surface area contributed by atoms with E-state index in [1.807, 2.05) is 18.2 Å². The summed E-state index contributed by atoms with van der Waals surface area (Å²) in [4.78, 5) is 20.5. The molecule has 0 amide bonds. The number of ketones is 1. The van der Waals surface area contributed by atoms with Gasteiger partial charge >= 0.3 is 0 Å². The topological polar surface area (TPSA) is 85.8 Å². The lowest BCUT2D eigenvalue weighted by molar-refractivity contribution is -0.109. The number of nitrogens with zero attached hydrogens (tertiary/aromatic N) is 1. The number of hydrogen-bond donors (Lipinski definition) is 4. The van der Waals surface area contributed by atoms with Gasteiger partial charge in [-0.1, -0.05) is 121 Å². The molecule has 0 radical (unpaired) electrons. The standard InChI is InChI=1S/C50H34N4O2/c55-47-43(33-25-23-27-11-9-21-39-41(27)45(33)53-49(51-39)35-17-5-1-13-29(35)30-14-2-6-18-36(30)49)48(56)44(47)34-26-24-28-12-10-22-40-42(28)46(34)54-50(52-40)37-19-7-3-15-31(37)32-16-4-8-20-38(32)50/h1,3,5-13,15,17-26,51-53,55H,2,4,14,16H2/b44-34-. The summed E-state index contributed by atoms with van der Waals surface area (Å²) < 4.78 is 0. The van der Waals surface area contributed by atoms with Crippen LogP contribution in [0.4, 0.5) is 17.1 Å². The number of allylic oxidation sites excluding steroid dienone is 6. The van der Waals surface area contributed by atoms with Crippen LogP contribution >= 0.6 is 0 Å². The Kier molecular flexibility index (Phi) is 5.66. The molecule has 13 rings (SSSR count). The van der Waals surface area contributed by atoms with Crippen molar-refractivity contribution in [3.63, 3.8) is 0 Å². The fourth-order valence-electron chi connectivity index (χ4n) is 10.8. The van der Waals surface area contributed by atoms with Crippen LogP contribution in [-0.4, -0.2) is 10.9 Å². The Labute approximate surface area is 322 Å². The van der Waals surface area contributed by atoms with Crippen molar-refractivity contribution in [3.05, 3.63) is 189 Å². The third kappa shape index (κ3) is 3.58. The minimum Gasteiger partial charge on any atom is -0.506 e. The van der Waals surface area contributed by atoms with Crippen molar-refractivity contribution in [2.45, 2.75) is 37.0 Å². The number of benzene rings is 6. The summed E-state index contributed by atoms with van der Waals surface area (Å²) in [5.74, 6) is -0.184. The lowest BCUT2D eigenvalue weighted by Crippen LogP contribution is -2.46. The van der Waals surface area contributed by atoms with Gasteiger partial charge in [0.25, 0.3) is 0 Å². The second kappa shape index (κ2) is 10.4. The molecule has 6 aromatic carbocycles. The number of hydrogen-bond acceptors (Lipinski definition) is 6. The SMILES string of the molecule is O=C1C(c2ccc3cccc4c3c2NC2(N4)C3=C(CCC=C3)c3ccccc32)=C(O)/C1=c1\ccc2cccc3c2c1=NC1(N3)C2=C(CCC=C2)c2ccccc21. The normalized spacial score (nSPS) is 24.1. The molecule has 2 heterocycles. The Morgan fingerprint density at radius 1 is 0.589 bits per heavy atom. The van der Waals surface area contributed by atoms with Crippen molar-refractivity contribution in [2.75, 3.05) is 16.0 Å². The van der Waals surface area contributed by atoms with Gasteiger partial charge in [-0.2, -0.15) is 0 Å². The average molecular weight is 723 g/mol. The second-order valence-corrected chi connectivity index (χ2v) is 15.9. The van der Waals surface area contributed by atoms with Gasteiger partial charge < -0.3 is 21.1 Å². The maximum atomic E-state index is 14.9. The minimum absolute atomic E-state index is 0.00176. The maximum absolute atomic E-state index is 14.9. The van der Waals surface area contributed by atoms with Crippen LogP contribution in [0.1, 0.15) is 53.5 Å². The van der Waals surface area contributed by atoms with E-state index in [1.54, 1.807) is 0 Å². The smallest absolute Gasteiger partial charge is 0.201 e. The predicted octanol–water partition coefficient (Wildman–Crippen LogP) is 9.52. The molecule has 2 atom stereocenters. The van der Waals surface area contributed by atoms with Crippen molar-refractivity contribution < 1.29 is 9.90 Å². The van der Waals surface area contributed by atoms with E-state index in [4.69, 9.17) is 4.99 Å². The second-order valence-electron chi connectivity index (χ2n) is 15.9. The molecule has 4 N–H and O–H groups in total. The Morgan fingerprint density at radius 3 is 2.04 bits per heavy atom. The molecular formula is C50H34N4O2. The highest BCUT2D eigenvalue weighted by Crippen LogP contribution is 2.56. The largest absolute Gasteiger partial charge is 0.506 e. The van der Waals surface area contributed by atoms with E-state index in [-0.39, 0.29) is 11.5 Å². The van der Waals surface area contributed by atoms with Crippen LogP contribution in [-0.2, 0) is 16.1 Å². The summed E-state index contributed by atoms with van der Waals surface area (Å²) in [5.41, 5.74) is 12.3. The third-order valence-corrected chi connectivity index (χ3v) is 13.2. The van der Waals surface area contributed by atoms with Gasteiger partial charge in [-0.25, -0.2) is 4.99 Å². The van der Waals surface area contributed by atoms with E-state index < -0.39 is 11.3 Å². The molecule has 6 nitrogen and oxygen atoms in total. The first-order chi connectivity index (χ1) is 27.6. The summed E-state index contributed by atoms with van der Waals surface area (Å²) >= 11 is 0. The summed E-state index contributed by atoms with van der Waals surface area (Å²) in [7, 11) is 0. The quantitative estimate of drug-likeness (QED) is 0.136. The van der Waals surface area contributed by atoms with Crippen LogP contribution in [0.3, 0.4) is 0 Å². The van der Waals surface area contributed by atoms with E-state index in [9.17, 15) is 9.90 Å². The molecule has 2 spiro atoms. The van der Waals surface area contributed by atoms with Gasteiger partial charge in [0, 0.05) is 55.2 Å². The number of aliphatic hydroxyl groups excluding tert-OH is 1. The highest BCUT2D eigenvalue weighted by molar-refractivity contribution is 6.52. The Bertz CT molecular complexity index is 3220. The zero-order valence-corrected chi connectivity index (χ0v) is 30.3. The zero-order valence-electron chi connectivity index (χ0n) is 30.3. The number of Topliss-reactive ketones (excluding diaryl/α,β-unsaturated/α-hetero) is 1. The molecule has 2 unspecified atom stereocenters. The Morgan fingerprint density at radius 2 is 1.25 bits per heavy atom. The molecule has 56 heavy (non-hydrogen) atoms. The van der Waals surface area contributed by atoms with Crippen LogP contribution in [0.2, 0.25) is 0 Å². The first kappa shape index (κ1) is 30.4. The van der Waals surface area contributed by atoms with Gasteiger partial charge in [-0.3, -0.25) is 4.79 Å². The van der Waals surface area contributed by atoms with E-state index in [1.165, 1.54) is 27.8 Å². The Hall–Kier alpha value is -6.92. The number of carbonyl (C=O) groups is 1. The van der Waals surface area contributed by atoms with Gasteiger partial charge in [0.2, 0.25) is 5.78 Å². The molecular weight excluding hydrogens is 689 g/mol. The first-order valence-corrected chi connectivity index (χ1v) is 19.6. The monoisotopic (exact) mass is 722 g/mol. The molecule has 6 heteroatoms. The minimum atomic E-state index is -0.849. The molecule has 6 aromatic rings. The number of nitrogens with one attached hydrogen (secondary N) is 3. The van der Waals surface area contributed by atoms with Crippen LogP contribution in [0, 0.1) is 0 Å². The van der Waals surface area contributed by atoms with Crippen molar-refractivity contribution in [1.82, 2.24) is 0 Å². The number of aliphatic hydroxyl groups is 1. The van der Waals surface area contributed by atoms with Gasteiger partial charge in [-0.05, 0) is 70.9 Å². The summed E-state index contributed by atoms with van der Waals surface area (Å²) in [6.45, 7) is 0. The number of rotatable bonds is 1. The van der Waals surface area contributed by atoms with Crippen LogP contribution in [0.15, 0.2) is 155 Å². The lowest BCUT2D eigenvalue weighted by Gasteiger charge is -2.42. The first-order valence-electron chi connectivity index (χ1n) is 19.6. The van der Waals surface area contributed by atoms with Crippen LogP contribution in [0.25, 0.3) is 43.8 Å². The van der Waals surface area contributed by atoms with E-state index >= 15 is 0 Å². The fourth-order valence-corrected chi connectivity index (χ4v) is 10.8. The Balaban J connectivity index is 1.05. The lowest BCUT2D eigenvalue weighted by atomic mass is 9.79. The van der Waals surface area contributed by atoms with Gasteiger partial charge in [0.05, 0.1) is 22.2 Å². The van der Waals surface area contributed by atoms with Crippen molar-refractivity contribution >= 4 is 66.7 Å². The molecule has 2 aliphatic heterocycles. The number of anilines is 3. The van der Waals surface area contributed by atoms with Crippen molar-refractivity contribution in [1.29, 1.82) is 0 Å². The molecule has 0 saturated heterocycles. The number of carbonyl (C=O) groups excluding carboxylic acids is 1. The van der Waals surface area contributed by atoms with Gasteiger partial charge in [0.1, 0.15) is 5.76 Å². The highest BCUT2D eigenvalue weighted by atomic mass is 16.3. The van der Waals surface area contributed by atoms with Gasteiger partial charge in [0.15, 0.2) is 11.3 Å². The summed E-state index contributed by atoms with van der Waals surface area (Å²) in [5, 5.41) is 29.5. The van der Waals surface area contributed by atoms with E-state index in [0.717, 1.165) is 86.3 Å². The van der Waals surface area contributed by atoms with Gasteiger partial charge in [-0.15, -0.1) is 0 Å². The summed E-state index contributed by atoms with van der Waals surface area (Å²) in [6.07, 6.45) is 12.9. The average Bonchev–Trinajstić information content (AvgIpc) is 3.66. The van der Waals surface area contributed by atoms with E-state index in [0.29, 0.717) is 21.9 Å². The van der Waals surface area contributed by atoms with Crippen LogP contribution in [0.5, 0.6) is 0 Å². The molecule has 0 fully saturated rings. The molecule has 5 aliphatic carbocycles. The van der Waals surface area contributed by atoms with Crippen molar-refractivity contribution in [2.24, 2.45) is 4.99 Å². The molecule has 266 valence electrons. The molecule has 7 aliphatic rings.